The van der Waals surface area contributed by atoms with Gasteiger partial charge in [-0.1, -0.05) is 0 Å². The molecule has 2 aliphatic carbocycles. The summed E-state index contributed by atoms with van der Waals surface area (Å²) in [6, 6.07) is -2.84. The third kappa shape index (κ3) is 3.40. The molecule has 0 spiro atoms. The first kappa shape index (κ1) is 26.4. The summed E-state index contributed by atoms with van der Waals surface area (Å²) in [5, 5.41) is 10.7. The van der Waals surface area contributed by atoms with Gasteiger partial charge in [0.15, 0.2) is 23.1 Å². The Kier molecular flexibility index (Phi) is 6.40. The Morgan fingerprint density at radius 3 is 1.87 bits per heavy atom. The molecular weight excluding hydrogens is 492 g/mol. The Balaban J connectivity index is 1.73. The molecule has 1 N–H and O–H groups in total. The summed E-state index contributed by atoms with van der Waals surface area (Å²) < 4.78 is 10.6. The van der Waals surface area contributed by atoms with E-state index in [1.807, 2.05) is 16.8 Å². The van der Waals surface area contributed by atoms with Gasteiger partial charge >= 0.3 is 0 Å². The fourth-order valence-electron chi connectivity index (χ4n) is 7.33. The molecule has 0 amide bonds. The number of rotatable bonds is 5. The number of allylic oxidation sites excluding steroid dienone is 4. The summed E-state index contributed by atoms with van der Waals surface area (Å²) in [6.07, 6.45) is 0.472. The number of methoxy groups -OCH3 is 2. The molecule has 0 aromatic heterocycles. The molecule has 3 heterocycles. The second-order valence-corrected chi connectivity index (χ2v) is 10.7. The van der Waals surface area contributed by atoms with Gasteiger partial charge in [-0.05, 0) is 40.7 Å². The summed E-state index contributed by atoms with van der Waals surface area (Å²) in [4.78, 5) is 70.6. The molecule has 0 aromatic carbocycles. The minimum absolute atomic E-state index is 0.000124. The minimum Gasteiger partial charge on any atom is -0.492 e. The Labute approximate surface area is 220 Å². The molecule has 0 aromatic rings. The first-order chi connectivity index (χ1) is 18.0. The van der Waals surface area contributed by atoms with Crippen molar-refractivity contribution in [2.75, 3.05) is 27.9 Å². The molecule has 202 valence electrons. The quantitative estimate of drug-likeness (QED) is 0.510. The van der Waals surface area contributed by atoms with Crippen LogP contribution in [0.3, 0.4) is 0 Å². The number of carbonyl (C=O) groups is 5. The Hall–Kier alpha value is -3.21. The van der Waals surface area contributed by atoms with E-state index in [0.717, 1.165) is 0 Å². The lowest BCUT2D eigenvalue weighted by atomic mass is 9.67. The third-order valence-electron chi connectivity index (χ3n) is 8.89. The van der Waals surface area contributed by atoms with Gasteiger partial charge in [-0.15, -0.1) is 0 Å². The van der Waals surface area contributed by atoms with Gasteiger partial charge in [0.25, 0.3) is 0 Å². The molecule has 5 atom stereocenters. The zero-order valence-electron chi connectivity index (χ0n) is 22.4. The summed E-state index contributed by atoms with van der Waals surface area (Å²) in [6.45, 7) is 4.12. The van der Waals surface area contributed by atoms with Crippen LogP contribution >= 0.6 is 0 Å². The predicted molar refractivity (Wildman–Crippen MR) is 134 cm³/mol. The smallest absolute Gasteiger partial charge is 0.226 e. The van der Waals surface area contributed by atoms with Crippen LogP contribution in [0.4, 0.5) is 0 Å². The molecular formula is C28H32N2O8. The van der Waals surface area contributed by atoms with Gasteiger partial charge in [0.1, 0.15) is 5.78 Å². The maximum Gasteiger partial charge on any atom is 0.226 e. The molecule has 0 unspecified atom stereocenters. The molecule has 38 heavy (non-hydrogen) atoms. The highest BCUT2D eigenvalue weighted by Gasteiger charge is 2.59. The first-order valence-corrected chi connectivity index (χ1v) is 12.7. The van der Waals surface area contributed by atoms with Crippen molar-refractivity contribution in [3.63, 3.8) is 0 Å². The van der Waals surface area contributed by atoms with Crippen LogP contribution < -0.4 is 0 Å². The van der Waals surface area contributed by atoms with Crippen LogP contribution in [-0.2, 0) is 33.4 Å². The molecule has 3 aliphatic heterocycles. The fourth-order valence-corrected chi connectivity index (χ4v) is 7.33. The number of nitrogens with zero attached hydrogens (tertiary/aromatic N) is 2. The van der Waals surface area contributed by atoms with E-state index in [9.17, 15) is 29.1 Å². The van der Waals surface area contributed by atoms with E-state index in [4.69, 9.17) is 9.47 Å². The van der Waals surface area contributed by atoms with Gasteiger partial charge in [0.2, 0.25) is 11.6 Å². The predicted octanol–water partition coefficient (Wildman–Crippen LogP) is 0.593. The maximum absolute atomic E-state index is 13.7. The standard InChI is InChI=1S/C28H32N2O8/c1-11(32)7-17-16-8-15-21(26(36)28(38-6)13(3)24(15)34)22(29(16)4)18-9-14-20(19(10-31)30(17)18)25(35)27(37-5)12(2)23(14)33/h16-19,22,31H,7-10H2,1-6H3/t16-,17-,18-,19-,22+/m0/s1. The van der Waals surface area contributed by atoms with Crippen molar-refractivity contribution in [1.29, 1.82) is 0 Å². The third-order valence-corrected chi connectivity index (χ3v) is 8.89. The van der Waals surface area contributed by atoms with Crippen molar-refractivity contribution < 1.29 is 38.6 Å². The molecule has 2 bridgehead atoms. The van der Waals surface area contributed by atoms with E-state index >= 15 is 0 Å². The zero-order valence-corrected chi connectivity index (χ0v) is 22.4. The van der Waals surface area contributed by atoms with E-state index in [0.29, 0.717) is 11.1 Å². The minimum atomic E-state index is -0.878. The normalized spacial score (nSPS) is 32.0. The summed E-state index contributed by atoms with van der Waals surface area (Å²) in [5.41, 5.74) is 1.65. The molecule has 0 saturated carbocycles. The van der Waals surface area contributed by atoms with Crippen molar-refractivity contribution in [3.05, 3.63) is 45.0 Å². The van der Waals surface area contributed by atoms with E-state index in [-0.39, 0.29) is 82.2 Å². The molecule has 10 nitrogen and oxygen atoms in total. The van der Waals surface area contributed by atoms with Crippen LogP contribution in [0.1, 0.15) is 40.0 Å². The number of hydrogen-bond acceptors (Lipinski definition) is 10. The number of likely N-dealkylation sites (N-methyl/N-ethyl adjacent to an activating group) is 1. The van der Waals surface area contributed by atoms with Gasteiger partial charge < -0.3 is 14.6 Å². The topological polar surface area (TPSA) is 131 Å². The first-order valence-electron chi connectivity index (χ1n) is 12.7. The van der Waals surface area contributed by atoms with Crippen LogP contribution in [-0.4, -0.2) is 102 Å². The lowest BCUT2D eigenvalue weighted by Crippen LogP contribution is -2.74. The number of carbonyl (C=O) groups excluding carboxylic acids is 5. The highest BCUT2D eigenvalue weighted by Crippen LogP contribution is 2.49. The monoisotopic (exact) mass is 524 g/mol. The van der Waals surface area contributed by atoms with E-state index in [1.54, 1.807) is 6.92 Å². The van der Waals surface area contributed by atoms with Crippen molar-refractivity contribution in [1.82, 2.24) is 9.80 Å². The van der Waals surface area contributed by atoms with Gasteiger partial charge in [0, 0.05) is 58.0 Å². The fraction of sp³-hybridized carbons (Fsp3) is 0.536. The summed E-state index contributed by atoms with van der Waals surface area (Å²) in [7, 11) is 4.55. The van der Waals surface area contributed by atoms with Gasteiger partial charge in [0.05, 0.1) is 32.9 Å². The number of fused-ring (bicyclic) bond motifs is 5. The number of piperazine rings is 1. The number of ketones is 5. The number of aliphatic hydroxyl groups is 1. The van der Waals surface area contributed by atoms with Crippen LogP contribution in [0, 0.1) is 0 Å². The Morgan fingerprint density at radius 2 is 1.37 bits per heavy atom. The average molecular weight is 525 g/mol. The average Bonchev–Trinajstić information content (AvgIpc) is 2.87. The van der Waals surface area contributed by atoms with Crippen molar-refractivity contribution in [2.45, 2.75) is 70.2 Å². The second-order valence-electron chi connectivity index (χ2n) is 10.7. The summed E-state index contributed by atoms with van der Waals surface area (Å²) >= 11 is 0. The summed E-state index contributed by atoms with van der Waals surface area (Å²) in [5.74, 6) is -1.55. The number of hydrogen-bond donors (Lipinski definition) is 1. The lowest BCUT2D eigenvalue weighted by molar-refractivity contribution is -0.132. The van der Waals surface area contributed by atoms with Crippen molar-refractivity contribution in [2.24, 2.45) is 0 Å². The van der Waals surface area contributed by atoms with Crippen LogP contribution in [0.5, 0.6) is 0 Å². The van der Waals surface area contributed by atoms with Gasteiger partial charge in [-0.2, -0.15) is 0 Å². The van der Waals surface area contributed by atoms with Crippen LogP contribution in [0.2, 0.25) is 0 Å². The highest BCUT2D eigenvalue weighted by atomic mass is 16.5. The highest BCUT2D eigenvalue weighted by molar-refractivity contribution is 6.26. The van der Waals surface area contributed by atoms with Crippen LogP contribution in [0.25, 0.3) is 0 Å². The molecule has 10 heteroatoms. The number of Topliss-reactive ketones (excluding diaryl/α,β-unsaturated/α-hetero) is 5. The molecule has 1 fully saturated rings. The lowest BCUT2D eigenvalue weighted by Gasteiger charge is -2.61. The number of ether oxygens (including phenoxy) is 2. The van der Waals surface area contributed by atoms with E-state index in [1.165, 1.54) is 28.1 Å². The Morgan fingerprint density at radius 1 is 0.868 bits per heavy atom. The molecule has 0 radical (unpaired) electrons. The van der Waals surface area contributed by atoms with Gasteiger partial charge in [-0.25, -0.2) is 0 Å². The van der Waals surface area contributed by atoms with Crippen molar-refractivity contribution in [3.8, 4) is 0 Å². The van der Waals surface area contributed by atoms with Crippen LogP contribution in [0.15, 0.2) is 45.0 Å². The van der Waals surface area contributed by atoms with Crippen molar-refractivity contribution >= 4 is 28.9 Å². The second kappa shape index (κ2) is 9.21. The molecule has 1 saturated heterocycles. The van der Waals surface area contributed by atoms with E-state index < -0.39 is 36.6 Å². The van der Waals surface area contributed by atoms with E-state index in [2.05, 4.69) is 0 Å². The molecule has 5 rings (SSSR count). The molecule has 5 aliphatic rings. The Bertz CT molecular complexity index is 1330. The largest absolute Gasteiger partial charge is 0.492 e. The van der Waals surface area contributed by atoms with Gasteiger partial charge in [-0.3, -0.25) is 33.8 Å². The zero-order chi connectivity index (χ0) is 27.8. The maximum atomic E-state index is 13.7. The number of aliphatic hydroxyl groups excluding tert-OH is 1. The SMILES string of the molecule is COC1=C(C)C(=O)C2=C(C1=O)[C@H]1[C@@H]3CC4=C(C(=O)C(OC)=C(C)C4=O)[C@H](CO)N3[C@@H](CC(C)=O)[C@H](C2)N1C.